The lowest BCUT2D eigenvalue weighted by Crippen LogP contribution is -2.44. The first-order chi connectivity index (χ1) is 15.0. The van der Waals surface area contributed by atoms with Crippen LogP contribution in [0.2, 0.25) is 0 Å². The highest BCUT2D eigenvalue weighted by molar-refractivity contribution is 5.94. The minimum atomic E-state index is -1.00. The van der Waals surface area contributed by atoms with Gasteiger partial charge in [-0.25, -0.2) is 4.79 Å². The van der Waals surface area contributed by atoms with E-state index in [1.54, 1.807) is 13.0 Å². The molecule has 1 heterocycles. The van der Waals surface area contributed by atoms with Crippen LogP contribution < -0.4 is 10.6 Å². The fourth-order valence-corrected chi connectivity index (χ4v) is 2.66. The Kier molecular flexibility index (Phi) is 9.80. The van der Waals surface area contributed by atoms with Crippen molar-refractivity contribution in [1.82, 2.24) is 10.6 Å². The van der Waals surface area contributed by atoms with E-state index in [4.69, 9.17) is 13.9 Å². The van der Waals surface area contributed by atoms with Gasteiger partial charge >= 0.3 is 11.9 Å². The van der Waals surface area contributed by atoms with Gasteiger partial charge in [0, 0.05) is 19.4 Å². The molecule has 1 atom stereocenters. The highest BCUT2D eigenvalue weighted by Crippen LogP contribution is 2.07. The molecule has 0 fully saturated rings. The van der Waals surface area contributed by atoms with E-state index in [1.165, 1.54) is 12.3 Å². The van der Waals surface area contributed by atoms with Crippen LogP contribution >= 0.6 is 0 Å². The summed E-state index contributed by atoms with van der Waals surface area (Å²) >= 11 is 0. The molecule has 0 saturated heterocycles. The Labute approximate surface area is 180 Å². The molecule has 0 unspecified atom stereocenters. The molecule has 2 amide bonds. The molecule has 9 heteroatoms. The molecule has 1 aromatic carbocycles. The number of ether oxygens (including phenoxy) is 2. The van der Waals surface area contributed by atoms with Gasteiger partial charge in [-0.15, -0.1) is 0 Å². The van der Waals surface area contributed by atoms with Gasteiger partial charge in [-0.3, -0.25) is 14.4 Å². The van der Waals surface area contributed by atoms with E-state index >= 15 is 0 Å². The zero-order chi connectivity index (χ0) is 22.5. The summed E-state index contributed by atoms with van der Waals surface area (Å²) in [6.45, 7) is 1.77. The number of nitrogens with one attached hydrogen (secondary N) is 2. The zero-order valence-corrected chi connectivity index (χ0v) is 17.3. The predicted octanol–water partition coefficient (Wildman–Crippen LogP) is 1.62. The van der Waals surface area contributed by atoms with Crippen molar-refractivity contribution >= 4 is 23.8 Å². The quantitative estimate of drug-likeness (QED) is 0.387. The van der Waals surface area contributed by atoms with Crippen LogP contribution in [0.15, 0.2) is 53.1 Å². The summed E-state index contributed by atoms with van der Waals surface area (Å²) < 4.78 is 14.9. The Morgan fingerprint density at radius 2 is 1.81 bits per heavy atom. The van der Waals surface area contributed by atoms with Crippen LogP contribution in [0.25, 0.3) is 0 Å². The number of hydrogen-bond acceptors (Lipinski definition) is 7. The Hall–Kier alpha value is -3.62. The highest BCUT2D eigenvalue weighted by atomic mass is 16.5. The fraction of sp³-hybridized carbons (Fsp3) is 0.364. The largest absolute Gasteiger partial charge is 0.466 e. The van der Waals surface area contributed by atoms with Crippen molar-refractivity contribution in [3.63, 3.8) is 0 Å². The Bertz CT molecular complexity index is 850. The zero-order valence-electron chi connectivity index (χ0n) is 17.3. The average Bonchev–Trinajstić information content (AvgIpc) is 3.30. The van der Waals surface area contributed by atoms with Crippen molar-refractivity contribution in [2.75, 3.05) is 19.8 Å². The topological polar surface area (TPSA) is 124 Å². The summed E-state index contributed by atoms with van der Waals surface area (Å²) in [5.41, 5.74) is 0.813. The van der Waals surface area contributed by atoms with Crippen molar-refractivity contribution < 1.29 is 33.1 Å². The number of hydrogen-bond donors (Lipinski definition) is 2. The van der Waals surface area contributed by atoms with E-state index < -0.39 is 30.4 Å². The standard InChI is InChI=1S/C22H26N2O7/c1-2-29-20(26)11-6-12-23-19(25)15-31-22(28)17(14-16-8-4-3-5-9-16)24-21(27)18-10-7-13-30-18/h3-5,7-10,13,17H,2,6,11-12,14-15H2,1H3,(H,23,25)(H,24,27)/t17-/m0/s1. The molecule has 0 aliphatic rings. The Morgan fingerprint density at radius 3 is 2.48 bits per heavy atom. The van der Waals surface area contributed by atoms with Gasteiger partial charge in [-0.1, -0.05) is 30.3 Å². The number of carbonyl (C=O) groups is 4. The molecule has 2 N–H and O–H groups in total. The molecular weight excluding hydrogens is 404 g/mol. The molecule has 0 spiro atoms. The van der Waals surface area contributed by atoms with Gasteiger partial charge in [-0.2, -0.15) is 0 Å². The number of rotatable bonds is 12. The Balaban J connectivity index is 1.84. The van der Waals surface area contributed by atoms with Crippen LogP contribution in [0.4, 0.5) is 0 Å². The van der Waals surface area contributed by atoms with Gasteiger partial charge in [0.2, 0.25) is 0 Å². The van der Waals surface area contributed by atoms with Crippen molar-refractivity contribution in [3.05, 3.63) is 60.1 Å². The molecule has 0 radical (unpaired) electrons. The number of benzene rings is 1. The third-order valence-corrected chi connectivity index (χ3v) is 4.15. The number of amides is 2. The van der Waals surface area contributed by atoms with Gasteiger partial charge in [-0.05, 0) is 31.0 Å². The maximum atomic E-state index is 12.5. The molecule has 2 rings (SSSR count). The van der Waals surface area contributed by atoms with Crippen LogP contribution in [0.3, 0.4) is 0 Å². The maximum Gasteiger partial charge on any atom is 0.329 e. The van der Waals surface area contributed by atoms with E-state index in [1.807, 2.05) is 30.3 Å². The summed E-state index contributed by atoms with van der Waals surface area (Å²) in [6.07, 6.45) is 2.14. The summed E-state index contributed by atoms with van der Waals surface area (Å²) in [4.78, 5) is 48.0. The van der Waals surface area contributed by atoms with E-state index in [2.05, 4.69) is 10.6 Å². The van der Waals surface area contributed by atoms with Gasteiger partial charge in [0.15, 0.2) is 12.4 Å². The van der Waals surface area contributed by atoms with Gasteiger partial charge in [0.05, 0.1) is 12.9 Å². The average molecular weight is 430 g/mol. The molecule has 31 heavy (non-hydrogen) atoms. The molecule has 2 aromatic rings. The van der Waals surface area contributed by atoms with Crippen LogP contribution in [0, 0.1) is 0 Å². The van der Waals surface area contributed by atoms with E-state index in [0.29, 0.717) is 13.0 Å². The van der Waals surface area contributed by atoms with Crippen LogP contribution in [0.1, 0.15) is 35.9 Å². The molecule has 0 aliphatic heterocycles. The first-order valence-electron chi connectivity index (χ1n) is 9.96. The normalized spacial score (nSPS) is 11.3. The molecule has 166 valence electrons. The molecule has 1 aromatic heterocycles. The maximum absolute atomic E-state index is 12.5. The second-order valence-electron chi connectivity index (χ2n) is 6.56. The predicted molar refractivity (Wildman–Crippen MR) is 110 cm³/mol. The van der Waals surface area contributed by atoms with E-state index in [-0.39, 0.29) is 31.1 Å². The highest BCUT2D eigenvalue weighted by Gasteiger charge is 2.25. The third-order valence-electron chi connectivity index (χ3n) is 4.15. The van der Waals surface area contributed by atoms with Gasteiger partial charge < -0.3 is 24.5 Å². The van der Waals surface area contributed by atoms with Crippen LogP contribution in [0.5, 0.6) is 0 Å². The second-order valence-corrected chi connectivity index (χ2v) is 6.56. The van der Waals surface area contributed by atoms with Crippen LogP contribution in [-0.2, 0) is 30.3 Å². The minimum Gasteiger partial charge on any atom is -0.466 e. The molecule has 0 saturated carbocycles. The second kappa shape index (κ2) is 12.8. The molecular formula is C22H26N2O7. The molecule has 9 nitrogen and oxygen atoms in total. The van der Waals surface area contributed by atoms with E-state index in [0.717, 1.165) is 5.56 Å². The lowest BCUT2D eigenvalue weighted by atomic mass is 10.1. The molecule has 0 aliphatic carbocycles. The summed E-state index contributed by atoms with van der Waals surface area (Å²) in [6, 6.07) is 11.1. The SMILES string of the molecule is CCOC(=O)CCCNC(=O)COC(=O)[C@H](Cc1ccccc1)NC(=O)c1ccco1. The number of carbonyl (C=O) groups excluding carboxylic acids is 4. The monoisotopic (exact) mass is 430 g/mol. The van der Waals surface area contributed by atoms with Crippen molar-refractivity contribution in [2.45, 2.75) is 32.2 Å². The van der Waals surface area contributed by atoms with Gasteiger partial charge in [0.1, 0.15) is 6.04 Å². The molecule has 0 bridgehead atoms. The smallest absolute Gasteiger partial charge is 0.329 e. The van der Waals surface area contributed by atoms with E-state index in [9.17, 15) is 19.2 Å². The Morgan fingerprint density at radius 1 is 1.03 bits per heavy atom. The third kappa shape index (κ3) is 8.73. The summed E-state index contributed by atoms with van der Waals surface area (Å²) in [7, 11) is 0. The van der Waals surface area contributed by atoms with Gasteiger partial charge in [0.25, 0.3) is 11.8 Å². The van der Waals surface area contributed by atoms with Crippen LogP contribution in [-0.4, -0.2) is 49.6 Å². The summed E-state index contributed by atoms with van der Waals surface area (Å²) in [5.74, 6) is -2.09. The van der Waals surface area contributed by atoms with Crippen molar-refractivity contribution in [3.8, 4) is 0 Å². The lowest BCUT2D eigenvalue weighted by Gasteiger charge is -2.17. The fourth-order valence-electron chi connectivity index (χ4n) is 2.66. The number of furan rings is 1. The first-order valence-corrected chi connectivity index (χ1v) is 9.96. The van der Waals surface area contributed by atoms with Crippen molar-refractivity contribution in [1.29, 1.82) is 0 Å². The minimum absolute atomic E-state index is 0.0604. The first kappa shape index (κ1) is 23.7. The number of esters is 2. The summed E-state index contributed by atoms with van der Waals surface area (Å²) in [5, 5.41) is 5.14. The van der Waals surface area contributed by atoms with Crippen molar-refractivity contribution in [2.24, 2.45) is 0 Å². The lowest BCUT2D eigenvalue weighted by molar-refractivity contribution is -0.150.